The molecule has 2 rings (SSSR count). The molecule has 0 aliphatic rings. The number of thiazole rings is 1. The van der Waals surface area contributed by atoms with Crippen LogP contribution in [0.3, 0.4) is 0 Å². The van der Waals surface area contributed by atoms with E-state index < -0.39 is 0 Å². The number of ketones is 1. The van der Waals surface area contributed by atoms with Gasteiger partial charge in [-0.1, -0.05) is 24.3 Å². The largest absolute Gasteiger partial charge is 0.319 e. The van der Waals surface area contributed by atoms with E-state index >= 15 is 0 Å². The fourth-order valence-corrected chi connectivity index (χ4v) is 2.63. The third-order valence-corrected chi connectivity index (χ3v) is 3.79. The first-order chi connectivity index (χ1) is 9.20. The Kier molecular flexibility index (Phi) is 4.82. The number of hydrogen-bond acceptors (Lipinski definition) is 4. The summed E-state index contributed by atoms with van der Waals surface area (Å²) in [5.74, 6) is 0.150. The lowest BCUT2D eigenvalue weighted by Crippen LogP contribution is -2.14. The van der Waals surface area contributed by atoms with Gasteiger partial charge in [0.05, 0.1) is 17.1 Å². The van der Waals surface area contributed by atoms with E-state index in [0.717, 1.165) is 34.8 Å². The first kappa shape index (κ1) is 13.9. The van der Waals surface area contributed by atoms with E-state index in [1.54, 1.807) is 11.3 Å². The van der Waals surface area contributed by atoms with E-state index in [1.807, 2.05) is 43.6 Å². The fraction of sp³-hybridized carbons (Fsp3) is 0.333. The van der Waals surface area contributed by atoms with Crippen LogP contribution < -0.4 is 5.32 Å². The number of likely N-dealkylation sites (N-methyl/N-ethyl adjacent to an activating group) is 1. The first-order valence-corrected chi connectivity index (χ1v) is 7.25. The molecule has 0 atom stereocenters. The Hall–Kier alpha value is -1.52. The molecule has 19 heavy (non-hydrogen) atoms. The molecule has 100 valence electrons. The summed E-state index contributed by atoms with van der Waals surface area (Å²) in [5.41, 5.74) is 2.80. The number of hydrogen-bond donors (Lipinski definition) is 1. The van der Waals surface area contributed by atoms with Gasteiger partial charge in [0.1, 0.15) is 0 Å². The molecule has 1 aromatic carbocycles. The number of carbonyl (C=O) groups excluding carboxylic acids is 1. The van der Waals surface area contributed by atoms with Crippen LogP contribution in [0.2, 0.25) is 0 Å². The minimum absolute atomic E-state index is 0.150. The summed E-state index contributed by atoms with van der Waals surface area (Å²) in [6, 6.07) is 7.83. The number of rotatable bonds is 6. The SMILES string of the molecule is CNCCc1ccccc1C(=O)Cc1csc(C)n1. The molecule has 0 amide bonds. The standard InChI is InChI=1S/C15H18N2OS/c1-11-17-13(10-19-11)9-15(18)14-6-4-3-5-12(14)7-8-16-2/h3-6,10,16H,7-9H2,1-2H3. The normalized spacial score (nSPS) is 10.6. The molecule has 0 aliphatic carbocycles. The Labute approximate surface area is 117 Å². The average molecular weight is 274 g/mol. The van der Waals surface area contributed by atoms with Crippen LogP contribution in [-0.4, -0.2) is 24.4 Å². The van der Waals surface area contributed by atoms with Crippen molar-refractivity contribution in [1.29, 1.82) is 0 Å². The first-order valence-electron chi connectivity index (χ1n) is 6.37. The Morgan fingerprint density at radius 3 is 2.84 bits per heavy atom. The third-order valence-electron chi connectivity index (χ3n) is 2.97. The number of Topliss-reactive ketones (excluding diaryl/α,β-unsaturated/α-hetero) is 1. The molecule has 1 aromatic heterocycles. The van der Waals surface area contributed by atoms with E-state index in [2.05, 4.69) is 10.3 Å². The highest BCUT2D eigenvalue weighted by Crippen LogP contribution is 2.15. The molecule has 0 spiro atoms. The maximum absolute atomic E-state index is 12.4. The van der Waals surface area contributed by atoms with Crippen LogP contribution in [0.1, 0.15) is 26.6 Å². The Morgan fingerprint density at radius 2 is 2.16 bits per heavy atom. The maximum atomic E-state index is 12.4. The maximum Gasteiger partial charge on any atom is 0.169 e. The van der Waals surface area contributed by atoms with E-state index in [9.17, 15) is 4.79 Å². The van der Waals surface area contributed by atoms with Crippen molar-refractivity contribution in [2.75, 3.05) is 13.6 Å². The van der Waals surface area contributed by atoms with E-state index in [1.165, 1.54) is 0 Å². The molecule has 0 saturated carbocycles. The van der Waals surface area contributed by atoms with Crippen molar-refractivity contribution in [1.82, 2.24) is 10.3 Å². The van der Waals surface area contributed by atoms with Gasteiger partial charge in [0.25, 0.3) is 0 Å². The second kappa shape index (κ2) is 6.59. The van der Waals surface area contributed by atoms with Crippen LogP contribution in [0, 0.1) is 6.92 Å². The Balaban J connectivity index is 2.14. The van der Waals surface area contributed by atoms with Crippen LogP contribution >= 0.6 is 11.3 Å². The van der Waals surface area contributed by atoms with Gasteiger partial charge in [0.2, 0.25) is 0 Å². The second-order valence-corrected chi connectivity index (χ2v) is 5.53. The number of carbonyl (C=O) groups is 1. The Morgan fingerprint density at radius 1 is 1.37 bits per heavy atom. The van der Waals surface area contributed by atoms with Gasteiger partial charge >= 0.3 is 0 Å². The summed E-state index contributed by atoms with van der Waals surface area (Å²) < 4.78 is 0. The van der Waals surface area contributed by atoms with Crippen molar-refractivity contribution in [2.24, 2.45) is 0 Å². The summed E-state index contributed by atoms with van der Waals surface area (Å²) in [5, 5.41) is 6.08. The molecule has 1 N–H and O–H groups in total. The quantitative estimate of drug-likeness (QED) is 0.823. The van der Waals surface area contributed by atoms with E-state index in [-0.39, 0.29) is 5.78 Å². The van der Waals surface area contributed by atoms with Crippen molar-refractivity contribution >= 4 is 17.1 Å². The highest BCUT2D eigenvalue weighted by Gasteiger charge is 2.12. The van der Waals surface area contributed by atoms with Gasteiger partial charge in [0, 0.05) is 10.9 Å². The van der Waals surface area contributed by atoms with Gasteiger partial charge in [0.15, 0.2) is 5.78 Å². The van der Waals surface area contributed by atoms with E-state index in [4.69, 9.17) is 0 Å². The molecule has 0 fully saturated rings. The van der Waals surface area contributed by atoms with Crippen molar-refractivity contribution in [3.63, 3.8) is 0 Å². The zero-order chi connectivity index (χ0) is 13.7. The minimum atomic E-state index is 0.150. The lowest BCUT2D eigenvalue weighted by molar-refractivity contribution is 0.0991. The zero-order valence-electron chi connectivity index (χ0n) is 11.3. The number of aromatic nitrogens is 1. The number of nitrogens with one attached hydrogen (secondary N) is 1. The molecular formula is C15H18N2OS. The van der Waals surface area contributed by atoms with Gasteiger partial charge in [-0.3, -0.25) is 4.79 Å². The lowest BCUT2D eigenvalue weighted by atomic mass is 9.98. The fourth-order valence-electron chi connectivity index (χ4n) is 2.02. The van der Waals surface area contributed by atoms with Gasteiger partial charge in [-0.15, -0.1) is 11.3 Å². The second-order valence-electron chi connectivity index (χ2n) is 4.47. The number of nitrogens with zero attached hydrogens (tertiary/aromatic N) is 1. The van der Waals surface area contributed by atoms with Crippen LogP contribution in [0.5, 0.6) is 0 Å². The summed E-state index contributed by atoms with van der Waals surface area (Å²) in [6.07, 6.45) is 1.26. The molecule has 4 heteroatoms. The molecular weight excluding hydrogens is 256 g/mol. The number of aryl methyl sites for hydroxylation is 1. The van der Waals surface area contributed by atoms with Crippen molar-refractivity contribution < 1.29 is 4.79 Å². The van der Waals surface area contributed by atoms with Crippen LogP contribution in [0.4, 0.5) is 0 Å². The van der Waals surface area contributed by atoms with E-state index in [0.29, 0.717) is 6.42 Å². The van der Waals surface area contributed by atoms with Gasteiger partial charge in [-0.05, 0) is 32.5 Å². The summed E-state index contributed by atoms with van der Waals surface area (Å²) >= 11 is 1.59. The van der Waals surface area contributed by atoms with Crippen molar-refractivity contribution in [3.05, 3.63) is 51.5 Å². The third kappa shape index (κ3) is 3.72. The molecule has 0 bridgehead atoms. The average Bonchev–Trinajstić information content (AvgIpc) is 2.82. The molecule has 0 radical (unpaired) electrons. The topological polar surface area (TPSA) is 42.0 Å². The summed E-state index contributed by atoms with van der Waals surface area (Å²) in [4.78, 5) is 16.7. The predicted octanol–water partition coefficient (Wildman–Crippen LogP) is 2.64. The van der Waals surface area contributed by atoms with Crippen molar-refractivity contribution in [2.45, 2.75) is 19.8 Å². The molecule has 1 heterocycles. The highest BCUT2D eigenvalue weighted by atomic mass is 32.1. The lowest BCUT2D eigenvalue weighted by Gasteiger charge is -2.07. The van der Waals surface area contributed by atoms with Crippen molar-refractivity contribution in [3.8, 4) is 0 Å². The van der Waals surface area contributed by atoms with Gasteiger partial charge in [-0.25, -0.2) is 4.98 Å². The van der Waals surface area contributed by atoms with Gasteiger partial charge in [-0.2, -0.15) is 0 Å². The molecule has 0 saturated heterocycles. The van der Waals surface area contributed by atoms with Gasteiger partial charge < -0.3 is 5.32 Å². The number of benzene rings is 1. The summed E-state index contributed by atoms with van der Waals surface area (Å²) in [7, 11) is 1.92. The highest BCUT2D eigenvalue weighted by molar-refractivity contribution is 7.09. The van der Waals surface area contributed by atoms with Crippen LogP contribution in [0.15, 0.2) is 29.6 Å². The molecule has 2 aromatic rings. The van der Waals surface area contributed by atoms with Crippen LogP contribution in [-0.2, 0) is 12.8 Å². The smallest absolute Gasteiger partial charge is 0.169 e. The van der Waals surface area contributed by atoms with Crippen LogP contribution in [0.25, 0.3) is 0 Å². The minimum Gasteiger partial charge on any atom is -0.319 e. The molecule has 0 unspecified atom stereocenters. The summed E-state index contributed by atoms with van der Waals surface area (Å²) in [6.45, 7) is 2.83. The molecule has 0 aliphatic heterocycles. The zero-order valence-corrected chi connectivity index (χ0v) is 12.1. The monoisotopic (exact) mass is 274 g/mol. The predicted molar refractivity (Wildman–Crippen MR) is 79.0 cm³/mol. The Bertz CT molecular complexity index is 563. The molecule has 3 nitrogen and oxygen atoms in total.